The Morgan fingerprint density at radius 2 is 2.04 bits per heavy atom. The third-order valence-corrected chi connectivity index (χ3v) is 3.11. The molecule has 6 nitrogen and oxygen atoms in total. The molecule has 7 heteroatoms. The fourth-order valence-electron chi connectivity index (χ4n) is 1.90. The van der Waals surface area contributed by atoms with Gasteiger partial charge in [0.15, 0.2) is 5.84 Å². The van der Waals surface area contributed by atoms with Gasteiger partial charge in [0.2, 0.25) is 0 Å². The van der Waals surface area contributed by atoms with Crippen molar-refractivity contribution in [3.05, 3.63) is 28.3 Å². The zero-order chi connectivity index (χ0) is 17.6. The summed E-state index contributed by atoms with van der Waals surface area (Å²) in [6.07, 6.45) is 0.794. The van der Waals surface area contributed by atoms with Gasteiger partial charge in [-0.1, -0.05) is 16.8 Å². The Kier molecular flexibility index (Phi) is 6.69. The first kappa shape index (κ1) is 19.1. The lowest BCUT2D eigenvalue weighted by molar-refractivity contribution is -0.155. The van der Waals surface area contributed by atoms with Gasteiger partial charge < -0.3 is 20.4 Å². The van der Waals surface area contributed by atoms with Crippen LogP contribution in [0.3, 0.4) is 0 Å². The van der Waals surface area contributed by atoms with E-state index in [1.165, 1.54) is 0 Å². The number of carbonyl (C=O) groups excluding carboxylic acids is 1. The summed E-state index contributed by atoms with van der Waals surface area (Å²) in [5, 5.41) is 12.0. The van der Waals surface area contributed by atoms with Crippen molar-refractivity contribution >= 4 is 23.4 Å². The van der Waals surface area contributed by atoms with Crippen LogP contribution in [0.15, 0.2) is 17.3 Å². The lowest BCUT2D eigenvalue weighted by Crippen LogP contribution is -2.24. The number of rotatable bonds is 6. The molecule has 128 valence electrons. The monoisotopic (exact) mass is 342 g/mol. The Morgan fingerprint density at radius 3 is 2.57 bits per heavy atom. The first-order valence-corrected chi connectivity index (χ1v) is 7.64. The molecule has 0 heterocycles. The molecule has 0 aliphatic carbocycles. The summed E-state index contributed by atoms with van der Waals surface area (Å²) in [5.74, 6) is 0.239. The summed E-state index contributed by atoms with van der Waals surface area (Å²) in [6.45, 7) is 7.63. The van der Waals surface area contributed by atoms with Crippen LogP contribution in [0.2, 0.25) is 5.02 Å². The largest absolute Gasteiger partial charge is 0.492 e. The fraction of sp³-hybridized carbons (Fsp3) is 0.500. The summed E-state index contributed by atoms with van der Waals surface area (Å²) in [7, 11) is 0. The number of oxime groups is 1. The number of hydrogen-bond donors (Lipinski definition) is 2. The molecule has 0 unspecified atom stereocenters. The second-order valence-corrected chi connectivity index (χ2v) is 6.53. The van der Waals surface area contributed by atoms with Crippen molar-refractivity contribution in [3.63, 3.8) is 0 Å². The summed E-state index contributed by atoms with van der Waals surface area (Å²) >= 11 is 6.16. The molecule has 0 fully saturated rings. The molecular formula is C16H23ClN2O4. The molecule has 0 aromatic heterocycles. The van der Waals surface area contributed by atoms with Crippen molar-refractivity contribution in [2.24, 2.45) is 10.9 Å². The van der Waals surface area contributed by atoms with E-state index in [1.807, 2.05) is 27.7 Å². The topological polar surface area (TPSA) is 94.1 Å². The first-order valence-electron chi connectivity index (χ1n) is 7.26. The van der Waals surface area contributed by atoms with Crippen LogP contribution in [0.1, 0.15) is 44.7 Å². The third kappa shape index (κ3) is 6.36. The molecule has 0 spiro atoms. The number of hydrogen-bond acceptors (Lipinski definition) is 5. The van der Waals surface area contributed by atoms with E-state index in [4.69, 9.17) is 32.0 Å². The normalized spacial score (nSPS) is 12.1. The number of nitrogens with zero attached hydrogens (tertiary/aromatic N) is 1. The molecule has 1 aromatic carbocycles. The zero-order valence-corrected chi connectivity index (χ0v) is 14.6. The maximum absolute atomic E-state index is 11.6. The average molecular weight is 343 g/mol. The quantitative estimate of drug-likeness (QED) is 0.207. The number of amidine groups is 1. The third-order valence-electron chi connectivity index (χ3n) is 2.82. The molecule has 0 aliphatic rings. The Labute approximate surface area is 141 Å². The highest BCUT2D eigenvalue weighted by Gasteiger charge is 2.16. The van der Waals surface area contributed by atoms with E-state index in [2.05, 4.69) is 5.16 Å². The van der Waals surface area contributed by atoms with Gasteiger partial charge in [0, 0.05) is 12.0 Å². The van der Waals surface area contributed by atoms with Crippen LogP contribution in [-0.2, 0) is 9.53 Å². The van der Waals surface area contributed by atoms with Gasteiger partial charge in [-0.3, -0.25) is 4.79 Å². The van der Waals surface area contributed by atoms with Crippen molar-refractivity contribution in [1.29, 1.82) is 0 Å². The van der Waals surface area contributed by atoms with Crippen molar-refractivity contribution < 1.29 is 19.5 Å². The van der Waals surface area contributed by atoms with Crippen molar-refractivity contribution in [2.75, 3.05) is 6.61 Å². The maximum Gasteiger partial charge on any atom is 0.306 e. The number of carbonyl (C=O) groups is 1. The van der Waals surface area contributed by atoms with Crippen LogP contribution in [0.4, 0.5) is 0 Å². The van der Waals surface area contributed by atoms with Gasteiger partial charge in [-0.25, -0.2) is 0 Å². The van der Waals surface area contributed by atoms with E-state index in [0.717, 1.165) is 5.56 Å². The van der Waals surface area contributed by atoms with Crippen LogP contribution in [0.5, 0.6) is 5.75 Å². The van der Waals surface area contributed by atoms with Crippen molar-refractivity contribution in [1.82, 2.24) is 0 Å². The Balaban J connectivity index is 2.58. The number of esters is 1. The smallest absolute Gasteiger partial charge is 0.306 e. The van der Waals surface area contributed by atoms with E-state index in [1.54, 1.807) is 12.1 Å². The van der Waals surface area contributed by atoms with Crippen LogP contribution in [-0.4, -0.2) is 29.2 Å². The standard InChI is InChI=1S/C16H23ClN2O4/c1-10-8-11(15(18)19-21)9-12(17)14(10)22-7-5-6-13(20)23-16(2,3)4/h8-9,21H,5-7H2,1-4H3,(H2,18,19). The van der Waals surface area contributed by atoms with E-state index >= 15 is 0 Å². The van der Waals surface area contributed by atoms with Gasteiger partial charge in [0.05, 0.1) is 11.6 Å². The minimum absolute atomic E-state index is 0.0218. The lowest BCUT2D eigenvalue weighted by Gasteiger charge is -2.19. The summed E-state index contributed by atoms with van der Waals surface area (Å²) in [5.41, 5.74) is 6.32. The molecule has 3 N–H and O–H groups in total. The molecule has 1 rings (SSSR count). The van der Waals surface area contributed by atoms with Gasteiger partial charge in [-0.2, -0.15) is 0 Å². The highest BCUT2D eigenvalue weighted by atomic mass is 35.5. The molecule has 0 aliphatic heterocycles. The lowest BCUT2D eigenvalue weighted by atomic mass is 10.1. The van der Waals surface area contributed by atoms with Crippen LogP contribution < -0.4 is 10.5 Å². The number of benzene rings is 1. The Morgan fingerprint density at radius 1 is 1.39 bits per heavy atom. The van der Waals surface area contributed by atoms with Crippen molar-refractivity contribution in [2.45, 2.75) is 46.1 Å². The van der Waals surface area contributed by atoms with Crippen LogP contribution >= 0.6 is 11.6 Å². The molecule has 0 saturated carbocycles. The molecule has 23 heavy (non-hydrogen) atoms. The maximum atomic E-state index is 11.6. The van der Waals surface area contributed by atoms with E-state index < -0.39 is 5.60 Å². The summed E-state index contributed by atoms with van der Waals surface area (Å²) in [4.78, 5) is 11.6. The summed E-state index contributed by atoms with van der Waals surface area (Å²) in [6, 6.07) is 3.27. The Bertz CT molecular complexity index is 571. The molecule has 1 aromatic rings. The van der Waals surface area contributed by atoms with E-state index in [0.29, 0.717) is 29.4 Å². The highest BCUT2D eigenvalue weighted by molar-refractivity contribution is 6.32. The van der Waals surface area contributed by atoms with Crippen molar-refractivity contribution in [3.8, 4) is 5.75 Å². The van der Waals surface area contributed by atoms with Crippen LogP contribution in [0.25, 0.3) is 0 Å². The highest BCUT2D eigenvalue weighted by Crippen LogP contribution is 2.30. The number of ether oxygens (including phenoxy) is 2. The SMILES string of the molecule is Cc1cc(C(N)=NO)cc(Cl)c1OCCCC(=O)OC(C)(C)C. The predicted octanol–water partition coefficient (Wildman–Crippen LogP) is 3.24. The second kappa shape index (κ2) is 8.06. The number of nitrogens with two attached hydrogens (primary N) is 1. The first-order chi connectivity index (χ1) is 10.6. The van der Waals surface area contributed by atoms with Gasteiger partial charge in [-0.15, -0.1) is 0 Å². The number of aryl methyl sites for hydroxylation is 1. The number of halogens is 1. The minimum atomic E-state index is -0.484. The second-order valence-electron chi connectivity index (χ2n) is 6.13. The minimum Gasteiger partial charge on any atom is -0.492 e. The average Bonchev–Trinajstić information content (AvgIpc) is 2.42. The van der Waals surface area contributed by atoms with E-state index in [-0.39, 0.29) is 18.2 Å². The fourth-order valence-corrected chi connectivity index (χ4v) is 2.22. The molecular weight excluding hydrogens is 320 g/mol. The molecule has 0 radical (unpaired) electrons. The van der Waals surface area contributed by atoms with Gasteiger partial charge in [0.1, 0.15) is 11.4 Å². The predicted molar refractivity (Wildman–Crippen MR) is 89.3 cm³/mol. The zero-order valence-electron chi connectivity index (χ0n) is 13.9. The molecule has 0 saturated heterocycles. The Hall–Kier alpha value is -1.95. The molecule has 0 atom stereocenters. The summed E-state index contributed by atoms with van der Waals surface area (Å²) < 4.78 is 10.9. The van der Waals surface area contributed by atoms with Gasteiger partial charge >= 0.3 is 5.97 Å². The van der Waals surface area contributed by atoms with Gasteiger partial charge in [0.25, 0.3) is 0 Å². The molecule has 0 bridgehead atoms. The molecule has 0 amide bonds. The van der Waals surface area contributed by atoms with Crippen LogP contribution in [0, 0.1) is 6.92 Å². The van der Waals surface area contributed by atoms with Gasteiger partial charge in [-0.05, 0) is 51.8 Å². The van der Waals surface area contributed by atoms with E-state index in [9.17, 15) is 4.79 Å².